The van der Waals surface area contributed by atoms with Gasteiger partial charge in [-0.1, -0.05) is 24.3 Å². The molecule has 0 aromatic carbocycles. The van der Waals surface area contributed by atoms with Crippen LogP contribution in [0.4, 0.5) is 4.79 Å². The predicted molar refractivity (Wildman–Crippen MR) is 77.2 cm³/mol. The van der Waals surface area contributed by atoms with Gasteiger partial charge in [0, 0.05) is 0 Å². The number of carbonyl (C=O) groups is 1. The lowest BCUT2D eigenvalue weighted by molar-refractivity contribution is -0.166. The molecule has 0 aliphatic heterocycles. The van der Waals surface area contributed by atoms with E-state index in [-0.39, 0.29) is 12.2 Å². The van der Waals surface area contributed by atoms with Crippen LogP contribution in [-0.4, -0.2) is 30.9 Å². The highest BCUT2D eigenvalue weighted by Gasteiger charge is 2.18. The van der Waals surface area contributed by atoms with E-state index < -0.39 is 18.7 Å². The fraction of sp³-hybridized carbons (Fsp3) is 0.667. The van der Waals surface area contributed by atoms with Crippen molar-refractivity contribution in [1.29, 1.82) is 0 Å². The Morgan fingerprint density at radius 3 is 1.35 bits per heavy atom. The molecule has 0 saturated heterocycles. The van der Waals surface area contributed by atoms with Crippen LogP contribution in [0, 0.1) is 0 Å². The topological polar surface area (TPSA) is 54.0 Å². The summed E-state index contributed by atoms with van der Waals surface area (Å²) in [6.45, 7) is 18.1. The zero-order valence-corrected chi connectivity index (χ0v) is 13.3. The zero-order chi connectivity index (χ0) is 15.9. The molecule has 4 unspecified atom stereocenters. The third-order valence-corrected chi connectivity index (χ3v) is 2.70. The van der Waals surface area contributed by atoms with Crippen molar-refractivity contribution in [2.24, 2.45) is 0 Å². The van der Waals surface area contributed by atoms with Gasteiger partial charge in [0.1, 0.15) is 0 Å². The van der Waals surface area contributed by atoms with Crippen LogP contribution >= 0.6 is 0 Å². The molecule has 0 saturated carbocycles. The number of ether oxygens (including phenoxy) is 4. The van der Waals surface area contributed by atoms with Gasteiger partial charge in [-0.2, -0.15) is 0 Å². The summed E-state index contributed by atoms with van der Waals surface area (Å²) in [4.78, 5) is 11.5. The van der Waals surface area contributed by atoms with E-state index >= 15 is 0 Å². The van der Waals surface area contributed by atoms with Gasteiger partial charge in [0.05, 0.1) is 12.2 Å². The minimum atomic E-state index is -0.840. The van der Waals surface area contributed by atoms with Crippen LogP contribution in [0.5, 0.6) is 0 Å². The summed E-state index contributed by atoms with van der Waals surface area (Å²) in [6.07, 6.45) is -2.68. The van der Waals surface area contributed by atoms with E-state index in [0.29, 0.717) is 0 Å². The van der Waals surface area contributed by atoms with Gasteiger partial charge < -0.3 is 18.9 Å². The Kier molecular flexibility index (Phi) is 8.18. The fourth-order valence-corrected chi connectivity index (χ4v) is 1.16. The zero-order valence-electron chi connectivity index (χ0n) is 13.3. The lowest BCUT2D eigenvalue weighted by Gasteiger charge is -2.22. The van der Waals surface area contributed by atoms with Gasteiger partial charge in [-0.3, -0.25) is 0 Å². The molecule has 0 aromatic heterocycles. The molecule has 0 heterocycles. The first-order chi connectivity index (χ1) is 9.13. The minimum Gasteiger partial charge on any atom is -0.405 e. The normalized spacial score (nSPS) is 16.7. The average Bonchev–Trinajstić information content (AvgIpc) is 2.27. The third-order valence-electron chi connectivity index (χ3n) is 2.70. The third kappa shape index (κ3) is 7.96. The highest BCUT2D eigenvalue weighted by atomic mass is 16.8. The molecule has 5 nitrogen and oxygen atoms in total. The summed E-state index contributed by atoms with van der Waals surface area (Å²) < 4.78 is 20.7. The van der Waals surface area contributed by atoms with Crippen LogP contribution in [0.15, 0.2) is 24.3 Å². The first-order valence-electron chi connectivity index (χ1n) is 6.62. The van der Waals surface area contributed by atoms with Crippen LogP contribution in [-0.2, 0) is 18.9 Å². The predicted octanol–water partition coefficient (Wildman–Crippen LogP) is 3.79. The van der Waals surface area contributed by atoms with E-state index in [2.05, 4.69) is 13.2 Å². The molecule has 0 N–H and O–H groups in total. The molecule has 0 bridgehead atoms. The Bertz CT molecular complexity index is 318. The summed E-state index contributed by atoms with van der Waals surface area (Å²) in [5.74, 6) is 0. The van der Waals surface area contributed by atoms with Crippen LogP contribution in [0.3, 0.4) is 0 Å². The molecule has 20 heavy (non-hydrogen) atoms. The summed E-state index contributed by atoms with van der Waals surface area (Å²) in [6, 6.07) is 0. The maximum absolute atomic E-state index is 11.5. The van der Waals surface area contributed by atoms with Crippen molar-refractivity contribution >= 4 is 6.16 Å². The van der Waals surface area contributed by atoms with Crippen molar-refractivity contribution in [2.45, 2.75) is 66.3 Å². The molecule has 0 spiro atoms. The molecule has 0 aliphatic rings. The highest BCUT2D eigenvalue weighted by molar-refractivity contribution is 5.60. The quantitative estimate of drug-likeness (QED) is 0.386. The molecular formula is C15H26O5. The largest absolute Gasteiger partial charge is 0.512 e. The maximum Gasteiger partial charge on any atom is 0.512 e. The van der Waals surface area contributed by atoms with Crippen molar-refractivity contribution < 1.29 is 23.7 Å². The van der Waals surface area contributed by atoms with E-state index in [1.54, 1.807) is 13.8 Å². The molecule has 116 valence electrons. The molecule has 0 amide bonds. The van der Waals surface area contributed by atoms with Gasteiger partial charge in [-0.15, -0.1) is 0 Å². The molecule has 0 aromatic rings. The standard InChI is InChI=1S/C15H26O5/c1-9(2)11(5)17-13(7)19-15(16)20-14(8)18-12(6)10(3)4/h11-14H,1,3H2,2,4-8H3. The number of hydrogen-bond acceptors (Lipinski definition) is 5. The van der Waals surface area contributed by atoms with Crippen LogP contribution < -0.4 is 0 Å². The van der Waals surface area contributed by atoms with Crippen LogP contribution in [0.2, 0.25) is 0 Å². The minimum absolute atomic E-state index is 0.199. The maximum atomic E-state index is 11.5. The molecular weight excluding hydrogens is 260 g/mol. The second kappa shape index (κ2) is 8.76. The lowest BCUT2D eigenvalue weighted by atomic mass is 10.2. The Balaban J connectivity index is 4.09. The van der Waals surface area contributed by atoms with Gasteiger partial charge in [0.15, 0.2) is 0 Å². The molecule has 0 rings (SSSR count). The number of hydrogen-bond donors (Lipinski definition) is 0. The number of rotatable bonds is 8. The van der Waals surface area contributed by atoms with E-state index in [1.807, 2.05) is 27.7 Å². The summed E-state index contributed by atoms with van der Waals surface area (Å²) in [7, 11) is 0. The SMILES string of the molecule is C=C(C)C(C)OC(C)OC(=O)OC(C)OC(C)C(=C)C. The Morgan fingerprint density at radius 1 is 0.800 bits per heavy atom. The summed E-state index contributed by atoms with van der Waals surface area (Å²) >= 11 is 0. The van der Waals surface area contributed by atoms with E-state index in [9.17, 15) is 4.79 Å². The Labute approximate surface area is 121 Å². The van der Waals surface area contributed by atoms with E-state index in [0.717, 1.165) is 11.1 Å². The first kappa shape index (κ1) is 18.7. The molecule has 0 radical (unpaired) electrons. The second-order valence-corrected chi connectivity index (χ2v) is 4.87. The Hall–Kier alpha value is -1.33. The van der Waals surface area contributed by atoms with Gasteiger partial charge >= 0.3 is 6.16 Å². The molecule has 0 aliphatic carbocycles. The summed E-state index contributed by atoms with van der Waals surface area (Å²) in [5.41, 5.74) is 1.70. The highest BCUT2D eigenvalue weighted by Crippen LogP contribution is 2.10. The molecule has 5 heteroatoms. The second-order valence-electron chi connectivity index (χ2n) is 4.87. The average molecular weight is 286 g/mol. The van der Waals surface area contributed by atoms with Crippen molar-refractivity contribution in [3.63, 3.8) is 0 Å². The monoisotopic (exact) mass is 286 g/mol. The lowest BCUT2D eigenvalue weighted by Crippen LogP contribution is -2.28. The van der Waals surface area contributed by atoms with Gasteiger partial charge in [-0.05, 0) is 41.5 Å². The number of carbonyl (C=O) groups excluding carboxylic acids is 1. The van der Waals surface area contributed by atoms with Crippen molar-refractivity contribution in [3.05, 3.63) is 24.3 Å². The van der Waals surface area contributed by atoms with Gasteiger partial charge in [0.2, 0.25) is 12.6 Å². The van der Waals surface area contributed by atoms with Gasteiger partial charge in [0.25, 0.3) is 0 Å². The van der Waals surface area contributed by atoms with Crippen molar-refractivity contribution in [1.82, 2.24) is 0 Å². The van der Waals surface area contributed by atoms with Crippen LogP contribution in [0.25, 0.3) is 0 Å². The molecule has 4 atom stereocenters. The molecule has 0 fully saturated rings. The van der Waals surface area contributed by atoms with Crippen molar-refractivity contribution in [2.75, 3.05) is 0 Å². The van der Waals surface area contributed by atoms with E-state index in [1.165, 1.54) is 0 Å². The van der Waals surface area contributed by atoms with Crippen LogP contribution in [0.1, 0.15) is 41.5 Å². The van der Waals surface area contributed by atoms with E-state index in [4.69, 9.17) is 18.9 Å². The van der Waals surface area contributed by atoms with Crippen molar-refractivity contribution in [3.8, 4) is 0 Å². The smallest absolute Gasteiger partial charge is 0.405 e. The van der Waals surface area contributed by atoms with Gasteiger partial charge in [-0.25, -0.2) is 4.79 Å². The fourth-order valence-electron chi connectivity index (χ4n) is 1.16. The Morgan fingerprint density at radius 2 is 1.10 bits per heavy atom. The first-order valence-corrected chi connectivity index (χ1v) is 6.62. The summed E-state index contributed by atoms with van der Waals surface area (Å²) in [5, 5.41) is 0.